The van der Waals surface area contributed by atoms with Crippen LogP contribution in [0.3, 0.4) is 0 Å². The fourth-order valence-electron chi connectivity index (χ4n) is 3.68. The lowest BCUT2D eigenvalue weighted by atomic mass is 10.1. The number of nitrogens with one attached hydrogen (secondary N) is 2. The van der Waals surface area contributed by atoms with E-state index in [2.05, 4.69) is 21.7 Å². The minimum atomic E-state index is -0.325. The van der Waals surface area contributed by atoms with Crippen LogP contribution in [-0.2, 0) is 0 Å². The Morgan fingerprint density at radius 1 is 1.10 bits per heavy atom. The van der Waals surface area contributed by atoms with Gasteiger partial charge >= 0.3 is 0 Å². The highest BCUT2D eigenvalue weighted by Crippen LogP contribution is 2.41. The number of pyridine rings is 1. The molecule has 0 radical (unpaired) electrons. The molecule has 2 aliphatic rings. The second kappa shape index (κ2) is 8.47. The molecule has 1 heterocycles. The van der Waals surface area contributed by atoms with Crippen LogP contribution in [0.4, 0.5) is 10.1 Å². The number of hydrogen-bond acceptors (Lipinski definition) is 4. The lowest BCUT2D eigenvalue weighted by Crippen LogP contribution is -2.20. The van der Waals surface area contributed by atoms with E-state index in [4.69, 9.17) is 4.74 Å². The molecule has 31 heavy (non-hydrogen) atoms. The summed E-state index contributed by atoms with van der Waals surface area (Å²) in [4.78, 5) is 16.9. The number of carbonyl (C=O) groups is 1. The molecule has 6 heteroatoms. The Hall–Kier alpha value is -3.25. The topological polar surface area (TPSA) is 63.2 Å². The average Bonchev–Trinajstić information content (AvgIpc) is 3.70. The third-order valence-corrected chi connectivity index (χ3v) is 5.76. The van der Waals surface area contributed by atoms with Crippen molar-refractivity contribution in [3.63, 3.8) is 0 Å². The van der Waals surface area contributed by atoms with Crippen molar-refractivity contribution in [1.82, 2.24) is 10.3 Å². The molecule has 2 atom stereocenters. The van der Waals surface area contributed by atoms with Crippen molar-refractivity contribution in [2.45, 2.75) is 31.2 Å². The van der Waals surface area contributed by atoms with E-state index in [1.807, 2.05) is 18.2 Å². The first-order valence-electron chi connectivity index (χ1n) is 10.7. The van der Waals surface area contributed by atoms with Gasteiger partial charge in [-0.15, -0.1) is 0 Å². The van der Waals surface area contributed by atoms with Crippen molar-refractivity contribution < 1.29 is 13.9 Å². The summed E-state index contributed by atoms with van der Waals surface area (Å²) in [6.45, 7) is 1.12. The molecule has 2 aromatic carbocycles. The smallest absolute Gasteiger partial charge is 0.255 e. The van der Waals surface area contributed by atoms with Crippen molar-refractivity contribution >= 4 is 11.6 Å². The van der Waals surface area contributed by atoms with Crippen LogP contribution in [0.1, 0.15) is 41.1 Å². The Morgan fingerprint density at radius 2 is 1.94 bits per heavy atom. The largest absolute Gasteiger partial charge is 0.439 e. The summed E-state index contributed by atoms with van der Waals surface area (Å²) in [5, 5.41) is 6.52. The molecule has 0 bridgehead atoms. The molecule has 0 aliphatic heterocycles. The highest BCUT2D eigenvalue weighted by molar-refractivity contribution is 6.04. The Balaban J connectivity index is 1.17. The van der Waals surface area contributed by atoms with Crippen LogP contribution in [0, 0.1) is 11.7 Å². The van der Waals surface area contributed by atoms with Crippen LogP contribution in [0.25, 0.3) is 0 Å². The molecule has 5 nitrogen and oxygen atoms in total. The maximum atomic E-state index is 13.0. The lowest BCUT2D eigenvalue weighted by Gasteiger charge is -2.09. The number of ether oxygens (including phenoxy) is 1. The van der Waals surface area contributed by atoms with Gasteiger partial charge in [0.05, 0.1) is 11.9 Å². The number of amides is 1. The second-order valence-corrected chi connectivity index (χ2v) is 8.32. The zero-order valence-electron chi connectivity index (χ0n) is 17.1. The highest BCUT2D eigenvalue weighted by Gasteiger charge is 2.39. The third-order valence-electron chi connectivity index (χ3n) is 5.76. The molecule has 158 valence electrons. The van der Waals surface area contributed by atoms with Gasteiger partial charge in [0, 0.05) is 23.6 Å². The molecule has 2 fully saturated rings. The predicted molar refractivity (Wildman–Crippen MR) is 117 cm³/mol. The molecule has 2 N–H and O–H groups in total. The summed E-state index contributed by atoms with van der Waals surface area (Å²) in [6.07, 6.45) is 5.39. The molecule has 2 saturated carbocycles. The Labute approximate surface area is 180 Å². The molecule has 5 rings (SSSR count). The fourth-order valence-corrected chi connectivity index (χ4v) is 3.68. The number of hydrogen-bond donors (Lipinski definition) is 2. The van der Waals surface area contributed by atoms with Crippen molar-refractivity contribution in [2.24, 2.45) is 5.92 Å². The van der Waals surface area contributed by atoms with Gasteiger partial charge in [-0.2, -0.15) is 0 Å². The lowest BCUT2D eigenvalue weighted by molar-refractivity contribution is 0.102. The van der Waals surface area contributed by atoms with Crippen molar-refractivity contribution in [1.29, 1.82) is 0 Å². The number of aromatic nitrogens is 1. The van der Waals surface area contributed by atoms with Gasteiger partial charge in [-0.3, -0.25) is 4.79 Å². The summed E-state index contributed by atoms with van der Waals surface area (Å²) in [5.74, 6) is 1.74. The maximum absolute atomic E-state index is 13.0. The Bertz CT molecular complexity index is 1060. The van der Waals surface area contributed by atoms with Crippen molar-refractivity contribution in [2.75, 3.05) is 11.9 Å². The summed E-state index contributed by atoms with van der Waals surface area (Å²) in [5.41, 5.74) is 2.43. The first-order valence-corrected chi connectivity index (χ1v) is 10.7. The van der Waals surface area contributed by atoms with Crippen LogP contribution >= 0.6 is 0 Å². The summed E-state index contributed by atoms with van der Waals surface area (Å²) >= 11 is 0. The van der Waals surface area contributed by atoms with E-state index < -0.39 is 0 Å². The molecule has 2 aliphatic carbocycles. The minimum Gasteiger partial charge on any atom is -0.439 e. The summed E-state index contributed by atoms with van der Waals surface area (Å²) in [6, 6.07) is 17.5. The van der Waals surface area contributed by atoms with E-state index >= 15 is 0 Å². The first kappa shape index (κ1) is 19.7. The van der Waals surface area contributed by atoms with E-state index in [1.54, 1.807) is 18.3 Å². The predicted octanol–water partition coefficient (Wildman–Crippen LogP) is 5.12. The molecule has 0 saturated heterocycles. The molecule has 1 aromatic heterocycles. The molecule has 1 amide bonds. The number of carbonyl (C=O) groups excluding carboxylic acids is 1. The van der Waals surface area contributed by atoms with Gasteiger partial charge < -0.3 is 15.4 Å². The van der Waals surface area contributed by atoms with Gasteiger partial charge in [-0.05, 0) is 79.8 Å². The highest BCUT2D eigenvalue weighted by atomic mass is 19.1. The quantitative estimate of drug-likeness (QED) is 0.534. The van der Waals surface area contributed by atoms with Crippen LogP contribution < -0.4 is 15.4 Å². The molecule has 0 spiro atoms. The van der Waals surface area contributed by atoms with Gasteiger partial charge in [0.1, 0.15) is 11.6 Å². The van der Waals surface area contributed by atoms with E-state index in [-0.39, 0.29) is 11.7 Å². The van der Waals surface area contributed by atoms with E-state index in [9.17, 15) is 9.18 Å². The van der Waals surface area contributed by atoms with Gasteiger partial charge in [0.15, 0.2) is 0 Å². The van der Waals surface area contributed by atoms with Crippen LogP contribution in [0.5, 0.6) is 11.6 Å². The van der Waals surface area contributed by atoms with Gasteiger partial charge in [0.2, 0.25) is 5.88 Å². The number of benzene rings is 2. The van der Waals surface area contributed by atoms with E-state index in [0.717, 1.165) is 18.9 Å². The number of rotatable bonds is 8. The third kappa shape index (κ3) is 5.09. The standard InChI is InChI=1S/C25H24FN3O2/c26-19-6-9-21(10-7-19)31-24-11-8-20(15-28-24)29-25(30)18-3-1-2-17(12-18)22-13-23(22)27-14-16-4-5-16/h1-3,6-12,15-16,22-23,27H,4-5,13-14H2,(H,29,30). The first-order chi connectivity index (χ1) is 15.1. The van der Waals surface area contributed by atoms with Gasteiger partial charge in [-0.1, -0.05) is 12.1 Å². The van der Waals surface area contributed by atoms with Gasteiger partial charge in [-0.25, -0.2) is 9.37 Å². The SMILES string of the molecule is O=C(Nc1ccc(Oc2ccc(F)cc2)nc1)c1cccc(C2CC2NCC2CC2)c1. The maximum Gasteiger partial charge on any atom is 0.255 e. The van der Waals surface area contributed by atoms with Crippen molar-refractivity contribution in [3.8, 4) is 11.6 Å². The zero-order chi connectivity index (χ0) is 21.2. The average molecular weight is 417 g/mol. The summed E-state index contributed by atoms with van der Waals surface area (Å²) in [7, 11) is 0. The van der Waals surface area contributed by atoms with E-state index in [0.29, 0.717) is 34.8 Å². The van der Waals surface area contributed by atoms with Crippen LogP contribution in [0.15, 0.2) is 66.9 Å². The summed E-state index contributed by atoms with van der Waals surface area (Å²) < 4.78 is 18.6. The molecule has 3 aromatic rings. The Kier molecular flexibility index (Phi) is 5.38. The Morgan fingerprint density at radius 3 is 2.68 bits per heavy atom. The zero-order valence-corrected chi connectivity index (χ0v) is 17.1. The number of anilines is 1. The monoisotopic (exact) mass is 417 g/mol. The van der Waals surface area contributed by atoms with Gasteiger partial charge in [0.25, 0.3) is 5.91 Å². The fraction of sp³-hybridized carbons (Fsp3) is 0.280. The van der Waals surface area contributed by atoms with E-state index in [1.165, 1.54) is 42.7 Å². The minimum absolute atomic E-state index is 0.168. The molecular formula is C25H24FN3O2. The molecular weight excluding hydrogens is 393 g/mol. The second-order valence-electron chi connectivity index (χ2n) is 8.32. The molecule has 2 unspecified atom stereocenters. The number of nitrogens with zero attached hydrogens (tertiary/aromatic N) is 1. The van der Waals surface area contributed by atoms with Crippen LogP contribution in [-0.4, -0.2) is 23.5 Å². The van der Waals surface area contributed by atoms with Crippen LogP contribution in [0.2, 0.25) is 0 Å². The normalized spacial score (nSPS) is 19.6. The van der Waals surface area contributed by atoms with Crippen molar-refractivity contribution in [3.05, 3.63) is 83.8 Å². The number of halogens is 1.